The van der Waals surface area contributed by atoms with Crippen molar-refractivity contribution in [2.75, 3.05) is 37.6 Å². The molecule has 2 aliphatic rings. The summed E-state index contributed by atoms with van der Waals surface area (Å²) in [6.07, 6.45) is 6.23. The van der Waals surface area contributed by atoms with Crippen LogP contribution in [0.2, 0.25) is 0 Å². The minimum absolute atomic E-state index is 0.0176. The van der Waals surface area contributed by atoms with Gasteiger partial charge >= 0.3 is 6.03 Å². The largest absolute Gasteiger partial charge is 0.338 e. The molecule has 0 spiro atoms. The van der Waals surface area contributed by atoms with E-state index in [1.54, 1.807) is 12.1 Å². The molecule has 0 radical (unpaired) electrons. The number of piperidine rings is 1. The molecule has 3 heterocycles. The number of carbonyl (C=O) groups is 1. The summed E-state index contributed by atoms with van der Waals surface area (Å²) in [5.74, 6) is 1.01. The van der Waals surface area contributed by atoms with Crippen LogP contribution in [0, 0.1) is 23.1 Å². The van der Waals surface area contributed by atoms with Crippen molar-refractivity contribution in [3.05, 3.63) is 53.6 Å². The van der Waals surface area contributed by atoms with Crippen molar-refractivity contribution in [2.24, 2.45) is 5.92 Å². The lowest BCUT2D eigenvalue weighted by molar-refractivity contribution is 0.139. The van der Waals surface area contributed by atoms with Crippen molar-refractivity contribution in [2.45, 2.75) is 51.7 Å². The van der Waals surface area contributed by atoms with E-state index in [4.69, 9.17) is 5.26 Å². The molecule has 2 fully saturated rings. The van der Waals surface area contributed by atoms with Crippen LogP contribution in [0.15, 0.2) is 36.7 Å². The lowest BCUT2D eigenvalue weighted by atomic mass is 9.93. The number of aromatic nitrogens is 2. The van der Waals surface area contributed by atoms with Gasteiger partial charge in [-0.25, -0.2) is 19.2 Å². The number of halogens is 1. The molecule has 1 aromatic carbocycles. The highest BCUT2D eigenvalue weighted by Gasteiger charge is 2.34. The van der Waals surface area contributed by atoms with Gasteiger partial charge in [-0.3, -0.25) is 4.90 Å². The molecule has 0 bridgehead atoms. The second-order valence-corrected chi connectivity index (χ2v) is 9.76. The first kappa shape index (κ1) is 24.9. The second-order valence-electron chi connectivity index (χ2n) is 9.76. The van der Waals surface area contributed by atoms with Gasteiger partial charge in [0.25, 0.3) is 0 Å². The number of benzene rings is 1. The average molecular weight is 480 g/mol. The summed E-state index contributed by atoms with van der Waals surface area (Å²) in [5.41, 5.74) is 1.45. The lowest BCUT2D eigenvalue weighted by Crippen LogP contribution is -2.61. The third kappa shape index (κ3) is 6.45. The fourth-order valence-corrected chi connectivity index (χ4v) is 5.23. The summed E-state index contributed by atoms with van der Waals surface area (Å²) in [4.78, 5) is 27.9. The molecule has 9 heteroatoms. The topological polar surface area (TPSA) is 88.4 Å². The van der Waals surface area contributed by atoms with Crippen LogP contribution < -0.4 is 10.2 Å². The summed E-state index contributed by atoms with van der Waals surface area (Å²) in [5, 5.41) is 12.1. The summed E-state index contributed by atoms with van der Waals surface area (Å²) >= 11 is 0. The number of piperazine rings is 1. The van der Waals surface area contributed by atoms with Crippen LogP contribution in [-0.2, 0) is 6.54 Å². The van der Waals surface area contributed by atoms with E-state index < -0.39 is 0 Å². The number of rotatable bonds is 6. The highest BCUT2D eigenvalue weighted by atomic mass is 19.1. The molecule has 0 saturated carbocycles. The third-order valence-electron chi connectivity index (χ3n) is 7.03. The number of nitrogens with one attached hydrogen (secondary N) is 1. The summed E-state index contributed by atoms with van der Waals surface area (Å²) in [6, 6.07) is 8.89. The molecule has 2 saturated heterocycles. The summed E-state index contributed by atoms with van der Waals surface area (Å²) in [6.45, 7) is 8.84. The molecule has 2 aromatic rings. The van der Waals surface area contributed by atoms with Gasteiger partial charge < -0.3 is 15.1 Å². The SMILES string of the molecule is C[C@@H]1CN(c2ncc(C#N)cn2)C[C@H](C)N1C(=O)NCCC1CCN(Cc2cccc(F)c2)CC1. The Kier molecular flexibility index (Phi) is 8.13. The van der Waals surface area contributed by atoms with Gasteiger partial charge in [0, 0.05) is 38.3 Å². The second kappa shape index (κ2) is 11.5. The van der Waals surface area contributed by atoms with Gasteiger partial charge in [-0.15, -0.1) is 0 Å². The third-order valence-corrected chi connectivity index (χ3v) is 7.03. The molecular formula is C26H34FN7O. The number of amides is 2. The van der Waals surface area contributed by atoms with Crippen molar-refractivity contribution >= 4 is 12.0 Å². The van der Waals surface area contributed by atoms with Gasteiger partial charge in [0.1, 0.15) is 11.9 Å². The van der Waals surface area contributed by atoms with Crippen LogP contribution in [0.5, 0.6) is 0 Å². The predicted octanol–water partition coefficient (Wildman–Crippen LogP) is 3.40. The van der Waals surface area contributed by atoms with Gasteiger partial charge in [0.15, 0.2) is 0 Å². The number of urea groups is 1. The molecule has 0 aliphatic carbocycles. The number of likely N-dealkylation sites (tertiary alicyclic amines) is 1. The van der Waals surface area contributed by atoms with E-state index in [0.29, 0.717) is 37.1 Å². The molecule has 1 aromatic heterocycles. The van der Waals surface area contributed by atoms with Crippen molar-refractivity contribution in [3.8, 4) is 6.07 Å². The fourth-order valence-electron chi connectivity index (χ4n) is 5.23. The number of nitriles is 1. The number of nitrogens with zero attached hydrogens (tertiary/aromatic N) is 6. The first-order chi connectivity index (χ1) is 16.9. The first-order valence-corrected chi connectivity index (χ1v) is 12.4. The summed E-state index contributed by atoms with van der Waals surface area (Å²) in [7, 11) is 0. The molecule has 186 valence electrons. The molecule has 2 aliphatic heterocycles. The maximum absolute atomic E-state index is 13.4. The minimum atomic E-state index is -0.180. The highest BCUT2D eigenvalue weighted by molar-refractivity contribution is 5.75. The normalized spacial score (nSPS) is 21.5. The molecule has 1 N–H and O–H groups in total. The Morgan fingerprint density at radius 3 is 2.49 bits per heavy atom. The minimum Gasteiger partial charge on any atom is -0.338 e. The standard InChI is InChI=1S/C26H34FN7O/c1-19-16-33(25-30-14-23(13-28)15-31-25)17-20(2)34(19)26(35)29-9-6-21-7-10-32(11-8-21)18-22-4-3-5-24(27)12-22/h3-5,12,14-15,19-21H,6-11,16-18H2,1-2H3,(H,29,35)/t19-,20+. The van der Waals surface area contributed by atoms with Gasteiger partial charge in [0.2, 0.25) is 5.95 Å². The van der Waals surface area contributed by atoms with E-state index in [-0.39, 0.29) is 23.9 Å². The predicted molar refractivity (Wildman–Crippen MR) is 132 cm³/mol. The van der Waals surface area contributed by atoms with E-state index >= 15 is 0 Å². The molecular weight excluding hydrogens is 445 g/mol. The fraction of sp³-hybridized carbons (Fsp3) is 0.538. The number of hydrogen-bond donors (Lipinski definition) is 1. The van der Waals surface area contributed by atoms with E-state index in [2.05, 4.69) is 25.1 Å². The molecule has 8 nitrogen and oxygen atoms in total. The van der Waals surface area contributed by atoms with Crippen LogP contribution in [0.25, 0.3) is 0 Å². The van der Waals surface area contributed by atoms with Gasteiger partial charge in [-0.05, 0) is 69.8 Å². The highest BCUT2D eigenvalue weighted by Crippen LogP contribution is 2.23. The molecule has 4 rings (SSSR count). The van der Waals surface area contributed by atoms with Crippen LogP contribution in [0.3, 0.4) is 0 Å². The Hall–Kier alpha value is -3.25. The van der Waals surface area contributed by atoms with Crippen molar-refractivity contribution < 1.29 is 9.18 Å². The zero-order chi connectivity index (χ0) is 24.8. The number of carbonyl (C=O) groups excluding carboxylic acids is 1. The van der Waals surface area contributed by atoms with E-state index in [9.17, 15) is 9.18 Å². The zero-order valence-electron chi connectivity index (χ0n) is 20.5. The van der Waals surface area contributed by atoms with Gasteiger partial charge in [-0.1, -0.05) is 12.1 Å². The Morgan fingerprint density at radius 2 is 1.86 bits per heavy atom. The van der Waals surface area contributed by atoms with E-state index in [1.807, 2.05) is 30.9 Å². The summed E-state index contributed by atoms with van der Waals surface area (Å²) < 4.78 is 13.4. The van der Waals surface area contributed by atoms with Crippen molar-refractivity contribution in [3.63, 3.8) is 0 Å². The smallest absolute Gasteiger partial charge is 0.318 e. The molecule has 35 heavy (non-hydrogen) atoms. The Bertz CT molecular complexity index is 1020. The molecule has 2 atom stereocenters. The van der Waals surface area contributed by atoms with E-state index in [0.717, 1.165) is 44.5 Å². The zero-order valence-corrected chi connectivity index (χ0v) is 20.5. The monoisotopic (exact) mass is 479 g/mol. The first-order valence-electron chi connectivity index (χ1n) is 12.4. The quantitative estimate of drug-likeness (QED) is 0.683. The Balaban J connectivity index is 1.19. The van der Waals surface area contributed by atoms with Gasteiger partial charge in [-0.2, -0.15) is 5.26 Å². The van der Waals surface area contributed by atoms with Crippen LogP contribution in [-0.4, -0.2) is 70.6 Å². The van der Waals surface area contributed by atoms with Crippen LogP contribution >= 0.6 is 0 Å². The maximum Gasteiger partial charge on any atom is 0.318 e. The number of hydrogen-bond acceptors (Lipinski definition) is 6. The van der Waals surface area contributed by atoms with E-state index in [1.165, 1.54) is 18.5 Å². The Labute approximate surface area is 206 Å². The maximum atomic E-state index is 13.4. The van der Waals surface area contributed by atoms with Crippen LogP contribution in [0.4, 0.5) is 15.1 Å². The molecule has 2 amide bonds. The van der Waals surface area contributed by atoms with Crippen LogP contribution in [0.1, 0.15) is 44.2 Å². The van der Waals surface area contributed by atoms with Gasteiger partial charge in [0.05, 0.1) is 18.0 Å². The van der Waals surface area contributed by atoms with Crippen molar-refractivity contribution in [1.82, 2.24) is 25.1 Å². The average Bonchev–Trinajstić information content (AvgIpc) is 2.85. The lowest BCUT2D eigenvalue weighted by Gasteiger charge is -2.44. The number of anilines is 1. The molecule has 0 unspecified atom stereocenters. The van der Waals surface area contributed by atoms with Crippen molar-refractivity contribution in [1.29, 1.82) is 5.26 Å². The Morgan fingerprint density at radius 1 is 1.17 bits per heavy atom.